The number of likely N-dealkylation sites (N-methyl/N-ethyl adjacent to an activating group) is 1. The van der Waals surface area contributed by atoms with Gasteiger partial charge in [-0.05, 0) is 44.4 Å². The Bertz CT molecular complexity index is 485. The van der Waals surface area contributed by atoms with Crippen LogP contribution < -0.4 is 10.1 Å². The molecule has 2 atom stereocenters. The van der Waals surface area contributed by atoms with E-state index < -0.39 is 5.54 Å². The average molecular weight is 291 g/mol. The molecule has 0 amide bonds. The van der Waals surface area contributed by atoms with E-state index in [4.69, 9.17) is 9.47 Å². The number of aryl methyl sites for hydroxylation is 1. The smallest absolute Gasteiger partial charge is 0.326 e. The van der Waals surface area contributed by atoms with Gasteiger partial charge >= 0.3 is 5.97 Å². The van der Waals surface area contributed by atoms with Gasteiger partial charge in [-0.1, -0.05) is 25.1 Å². The second-order valence-electron chi connectivity index (χ2n) is 5.71. The first kappa shape index (κ1) is 15.8. The number of carbonyl (C=O) groups excluding carboxylic acids is 1. The topological polar surface area (TPSA) is 47.6 Å². The van der Waals surface area contributed by atoms with Gasteiger partial charge in [0.15, 0.2) is 0 Å². The quantitative estimate of drug-likeness (QED) is 0.847. The fourth-order valence-electron chi connectivity index (χ4n) is 3.14. The molecule has 2 rings (SSSR count). The molecule has 1 N–H and O–H groups in total. The predicted molar refractivity (Wildman–Crippen MR) is 82.5 cm³/mol. The van der Waals surface area contributed by atoms with E-state index in [2.05, 4.69) is 5.32 Å². The van der Waals surface area contributed by atoms with E-state index in [1.54, 1.807) is 0 Å². The maximum atomic E-state index is 12.2. The summed E-state index contributed by atoms with van der Waals surface area (Å²) >= 11 is 0. The summed E-state index contributed by atoms with van der Waals surface area (Å²) in [5.74, 6) is 0.724. The third kappa shape index (κ3) is 3.56. The molecule has 116 valence electrons. The zero-order valence-corrected chi connectivity index (χ0v) is 13.1. The Kier molecular flexibility index (Phi) is 5.23. The molecule has 4 heteroatoms. The zero-order valence-electron chi connectivity index (χ0n) is 13.1. The number of para-hydroxylation sites is 1. The van der Waals surface area contributed by atoms with Crippen LogP contribution in [0.2, 0.25) is 0 Å². The summed E-state index contributed by atoms with van der Waals surface area (Å²) in [5.41, 5.74) is 0.518. The van der Waals surface area contributed by atoms with Crippen LogP contribution in [0.5, 0.6) is 5.75 Å². The van der Waals surface area contributed by atoms with Gasteiger partial charge < -0.3 is 14.8 Å². The highest BCUT2D eigenvalue weighted by atomic mass is 16.5. The van der Waals surface area contributed by atoms with Gasteiger partial charge in [0.05, 0.1) is 7.11 Å². The van der Waals surface area contributed by atoms with E-state index in [1.807, 2.05) is 38.1 Å². The molecule has 1 aliphatic rings. The highest BCUT2D eigenvalue weighted by molar-refractivity contribution is 5.81. The number of carbonyl (C=O) groups is 1. The number of nitrogens with one attached hydrogen (secondary N) is 1. The van der Waals surface area contributed by atoms with Crippen molar-refractivity contribution < 1.29 is 14.3 Å². The van der Waals surface area contributed by atoms with E-state index in [0.29, 0.717) is 6.42 Å². The van der Waals surface area contributed by atoms with Gasteiger partial charge in [-0.2, -0.15) is 0 Å². The van der Waals surface area contributed by atoms with Crippen molar-refractivity contribution in [1.29, 1.82) is 0 Å². The Hall–Kier alpha value is -1.55. The summed E-state index contributed by atoms with van der Waals surface area (Å²) in [6.07, 6.45) is 3.43. The van der Waals surface area contributed by atoms with E-state index in [1.165, 1.54) is 7.11 Å². The summed E-state index contributed by atoms with van der Waals surface area (Å²) in [5, 5.41) is 3.32. The number of ether oxygens (including phenoxy) is 2. The van der Waals surface area contributed by atoms with Crippen molar-refractivity contribution >= 4 is 5.97 Å². The molecule has 1 aromatic rings. The monoisotopic (exact) mass is 291 g/mol. The third-order valence-electron chi connectivity index (χ3n) is 4.18. The highest BCUT2D eigenvalue weighted by Gasteiger charge is 2.44. The molecule has 1 aliphatic carbocycles. The largest absolute Gasteiger partial charge is 0.490 e. The maximum absolute atomic E-state index is 12.2. The summed E-state index contributed by atoms with van der Waals surface area (Å²) in [4.78, 5) is 12.2. The number of hydrogen-bond acceptors (Lipinski definition) is 4. The molecule has 0 aliphatic heterocycles. The number of esters is 1. The van der Waals surface area contributed by atoms with Crippen LogP contribution in [-0.4, -0.2) is 31.3 Å². The Balaban J connectivity index is 2.12. The van der Waals surface area contributed by atoms with Crippen molar-refractivity contribution in [2.45, 2.75) is 51.2 Å². The van der Waals surface area contributed by atoms with Crippen molar-refractivity contribution in [2.75, 3.05) is 13.7 Å². The van der Waals surface area contributed by atoms with Crippen LogP contribution >= 0.6 is 0 Å². The first-order valence-corrected chi connectivity index (χ1v) is 7.67. The minimum atomic E-state index is -0.602. The number of methoxy groups -OCH3 is 1. The third-order valence-corrected chi connectivity index (χ3v) is 4.18. The second-order valence-corrected chi connectivity index (χ2v) is 5.71. The first-order valence-electron chi connectivity index (χ1n) is 7.67. The van der Waals surface area contributed by atoms with Crippen molar-refractivity contribution in [2.24, 2.45) is 0 Å². The lowest BCUT2D eigenvalue weighted by atomic mass is 9.80. The standard InChI is InChI=1S/C17H25NO3/c1-4-18-17(16(19)20-3)11-7-9-14(12-17)21-15-10-6-5-8-13(15)2/h5-6,8,10,14,18H,4,7,9,11-12H2,1-3H3. The molecular formula is C17H25NO3. The van der Waals surface area contributed by atoms with Crippen LogP contribution in [0, 0.1) is 6.92 Å². The lowest BCUT2D eigenvalue weighted by molar-refractivity contribution is -0.151. The minimum absolute atomic E-state index is 0.0398. The molecule has 0 spiro atoms. The van der Waals surface area contributed by atoms with Crippen LogP contribution in [0.3, 0.4) is 0 Å². The van der Waals surface area contributed by atoms with Gasteiger partial charge in [0.1, 0.15) is 17.4 Å². The molecular weight excluding hydrogens is 266 g/mol. The molecule has 1 saturated carbocycles. The zero-order chi connectivity index (χ0) is 15.3. The average Bonchev–Trinajstić information content (AvgIpc) is 2.49. The Morgan fingerprint density at radius 2 is 2.19 bits per heavy atom. The molecule has 0 radical (unpaired) electrons. The summed E-state index contributed by atoms with van der Waals surface area (Å²) in [6, 6.07) is 8.00. The first-order chi connectivity index (χ1) is 10.1. The molecule has 0 saturated heterocycles. The minimum Gasteiger partial charge on any atom is -0.490 e. The Morgan fingerprint density at radius 1 is 1.43 bits per heavy atom. The van der Waals surface area contributed by atoms with Crippen molar-refractivity contribution in [3.8, 4) is 5.75 Å². The van der Waals surface area contributed by atoms with E-state index in [9.17, 15) is 4.79 Å². The maximum Gasteiger partial charge on any atom is 0.326 e. The van der Waals surface area contributed by atoms with Gasteiger partial charge in [-0.3, -0.25) is 4.79 Å². The van der Waals surface area contributed by atoms with E-state index in [-0.39, 0.29) is 12.1 Å². The molecule has 1 aromatic carbocycles. The highest BCUT2D eigenvalue weighted by Crippen LogP contribution is 2.32. The molecule has 2 unspecified atom stereocenters. The Labute approximate surface area is 126 Å². The van der Waals surface area contributed by atoms with Crippen LogP contribution in [0.25, 0.3) is 0 Å². The summed E-state index contributed by atoms with van der Waals surface area (Å²) in [7, 11) is 1.45. The lowest BCUT2D eigenvalue weighted by Crippen LogP contribution is -2.57. The molecule has 21 heavy (non-hydrogen) atoms. The van der Waals surface area contributed by atoms with E-state index >= 15 is 0 Å². The predicted octanol–water partition coefficient (Wildman–Crippen LogP) is 2.84. The van der Waals surface area contributed by atoms with Crippen LogP contribution in [0.4, 0.5) is 0 Å². The number of hydrogen-bond donors (Lipinski definition) is 1. The SMILES string of the molecule is CCNC1(C(=O)OC)CCCC(Oc2ccccc2C)C1. The molecule has 0 bridgehead atoms. The molecule has 0 heterocycles. The fourth-order valence-corrected chi connectivity index (χ4v) is 3.14. The number of benzene rings is 1. The van der Waals surface area contributed by atoms with Gasteiger partial charge in [0.2, 0.25) is 0 Å². The fraction of sp³-hybridized carbons (Fsp3) is 0.588. The molecule has 0 aromatic heterocycles. The van der Waals surface area contributed by atoms with Gasteiger partial charge in [-0.15, -0.1) is 0 Å². The van der Waals surface area contributed by atoms with Crippen LogP contribution in [-0.2, 0) is 9.53 Å². The lowest BCUT2D eigenvalue weighted by Gasteiger charge is -2.39. The molecule has 1 fully saturated rings. The van der Waals surface area contributed by atoms with Crippen molar-refractivity contribution in [3.05, 3.63) is 29.8 Å². The number of rotatable bonds is 5. The van der Waals surface area contributed by atoms with Crippen molar-refractivity contribution in [1.82, 2.24) is 5.32 Å². The normalized spacial score (nSPS) is 25.4. The van der Waals surface area contributed by atoms with Gasteiger partial charge in [0, 0.05) is 6.42 Å². The van der Waals surface area contributed by atoms with Gasteiger partial charge in [0.25, 0.3) is 0 Å². The van der Waals surface area contributed by atoms with Gasteiger partial charge in [-0.25, -0.2) is 0 Å². The summed E-state index contributed by atoms with van der Waals surface area (Å²) < 4.78 is 11.1. The summed E-state index contributed by atoms with van der Waals surface area (Å²) in [6.45, 7) is 4.79. The van der Waals surface area contributed by atoms with Crippen molar-refractivity contribution in [3.63, 3.8) is 0 Å². The van der Waals surface area contributed by atoms with Crippen LogP contribution in [0.1, 0.15) is 38.2 Å². The van der Waals surface area contributed by atoms with Crippen LogP contribution in [0.15, 0.2) is 24.3 Å². The molecule has 4 nitrogen and oxygen atoms in total. The van der Waals surface area contributed by atoms with E-state index in [0.717, 1.165) is 37.1 Å². The second kappa shape index (κ2) is 6.94. The Morgan fingerprint density at radius 3 is 2.86 bits per heavy atom.